The maximum Gasteiger partial charge on any atom is 0.220 e. The van der Waals surface area contributed by atoms with Crippen molar-refractivity contribution in [2.45, 2.75) is 375 Å². The van der Waals surface area contributed by atoms with E-state index in [0.717, 1.165) is 32.1 Å². The van der Waals surface area contributed by atoms with Crippen molar-refractivity contribution in [3.05, 3.63) is 0 Å². The summed E-state index contributed by atoms with van der Waals surface area (Å²) in [6.07, 6.45) is 23.7. The van der Waals surface area contributed by atoms with E-state index < -0.39 is 124 Å². The monoisotopic (exact) mass is 1190 g/mol. The molecular formula is C64H123NO18. The zero-order valence-electron chi connectivity index (χ0n) is 51.7. The summed E-state index contributed by atoms with van der Waals surface area (Å²) < 4.78 is 34.1. The molecule has 3 fully saturated rings. The van der Waals surface area contributed by atoms with E-state index in [4.69, 9.17) is 28.4 Å². The molecule has 17 unspecified atom stereocenters. The Hall–Kier alpha value is -1.21. The molecule has 0 aliphatic carbocycles. The highest BCUT2D eigenvalue weighted by Crippen LogP contribution is 2.33. The molecule has 19 nitrogen and oxygen atoms in total. The molecule has 0 aromatic rings. The zero-order chi connectivity index (χ0) is 60.5. The Balaban J connectivity index is 1.21. The van der Waals surface area contributed by atoms with E-state index in [-0.39, 0.29) is 18.9 Å². The highest BCUT2D eigenvalue weighted by atomic mass is 16.8. The van der Waals surface area contributed by atoms with Crippen LogP contribution in [0.1, 0.15) is 271 Å². The minimum Gasteiger partial charge on any atom is -0.394 e. The molecule has 0 spiro atoms. The second kappa shape index (κ2) is 47.7. The quantitative estimate of drug-likeness (QED) is 0.0257. The number of carbonyl (C=O) groups is 1. The Labute approximate surface area is 500 Å². The molecule has 3 heterocycles. The number of hydrogen-bond donors (Lipinski definition) is 12. The molecular weight excluding hydrogens is 1070 g/mol. The van der Waals surface area contributed by atoms with Crippen LogP contribution < -0.4 is 5.32 Å². The number of hydrogen-bond acceptors (Lipinski definition) is 18. The van der Waals surface area contributed by atoms with E-state index in [1.807, 2.05) is 6.92 Å². The van der Waals surface area contributed by atoms with Crippen molar-refractivity contribution in [1.82, 2.24) is 5.32 Å². The van der Waals surface area contributed by atoms with Gasteiger partial charge in [-0.25, -0.2) is 0 Å². The first-order chi connectivity index (χ1) is 40.3. The Kier molecular flexibility index (Phi) is 43.7. The van der Waals surface area contributed by atoms with Gasteiger partial charge in [-0.05, 0) is 12.8 Å². The Morgan fingerprint density at radius 1 is 0.386 bits per heavy atom. The summed E-state index contributed by atoms with van der Waals surface area (Å²) in [5, 5.41) is 119. The predicted octanol–water partition coefficient (Wildman–Crippen LogP) is 7.94. The molecule has 1 amide bonds. The topological polar surface area (TPSA) is 307 Å². The molecule has 3 aliphatic heterocycles. The second-order valence-electron chi connectivity index (χ2n) is 24.7. The van der Waals surface area contributed by atoms with E-state index in [2.05, 4.69) is 12.2 Å². The lowest BCUT2D eigenvalue weighted by Gasteiger charge is -2.48. The zero-order valence-corrected chi connectivity index (χ0v) is 51.7. The molecule has 19 heteroatoms. The number of nitrogens with one attached hydrogen (secondary N) is 1. The number of aliphatic hydroxyl groups excluding tert-OH is 11. The SMILES string of the molecule is CCCCCCCCCCCCCCCCCCCCCCCCCCCCCCCCCCCCCC(=O)NC(COC1OC(CO)C(OC2OC(CO)C(OC3OC(CO)C(O)C(O)C3O)C(O)C2O)C(O)C1O)C(O)CCCCC. The van der Waals surface area contributed by atoms with Gasteiger partial charge in [-0.15, -0.1) is 0 Å². The Morgan fingerprint density at radius 2 is 0.687 bits per heavy atom. The van der Waals surface area contributed by atoms with Crippen LogP contribution in [0.5, 0.6) is 0 Å². The van der Waals surface area contributed by atoms with Crippen LogP contribution in [-0.4, -0.2) is 193 Å². The van der Waals surface area contributed by atoms with Gasteiger partial charge in [0.2, 0.25) is 5.91 Å². The van der Waals surface area contributed by atoms with Gasteiger partial charge in [0.25, 0.3) is 0 Å². The van der Waals surface area contributed by atoms with Gasteiger partial charge in [0, 0.05) is 6.42 Å². The number of unbranched alkanes of at least 4 members (excludes halogenated alkanes) is 36. The number of aliphatic hydroxyl groups is 11. The first-order valence-electron chi connectivity index (χ1n) is 33.8. The summed E-state index contributed by atoms with van der Waals surface area (Å²) in [4.78, 5) is 13.2. The van der Waals surface area contributed by atoms with Crippen LogP contribution >= 0.6 is 0 Å². The van der Waals surface area contributed by atoms with Crippen LogP contribution in [0.25, 0.3) is 0 Å². The third-order valence-electron chi connectivity index (χ3n) is 17.4. The van der Waals surface area contributed by atoms with Gasteiger partial charge < -0.3 is 89.9 Å². The van der Waals surface area contributed by atoms with Crippen LogP contribution in [0.3, 0.4) is 0 Å². The van der Waals surface area contributed by atoms with Gasteiger partial charge >= 0.3 is 0 Å². The smallest absolute Gasteiger partial charge is 0.220 e. The maximum atomic E-state index is 13.2. The van der Waals surface area contributed by atoms with Crippen LogP contribution in [0.15, 0.2) is 0 Å². The summed E-state index contributed by atoms with van der Waals surface area (Å²) >= 11 is 0. The largest absolute Gasteiger partial charge is 0.394 e. The summed E-state index contributed by atoms with van der Waals surface area (Å²) in [6.45, 7) is 1.63. The molecule has 83 heavy (non-hydrogen) atoms. The van der Waals surface area contributed by atoms with Crippen molar-refractivity contribution in [2.24, 2.45) is 0 Å². The van der Waals surface area contributed by atoms with E-state index >= 15 is 0 Å². The normalized spacial score (nSPS) is 29.3. The maximum absolute atomic E-state index is 13.2. The van der Waals surface area contributed by atoms with E-state index in [0.29, 0.717) is 19.3 Å². The molecule has 0 bridgehead atoms. The van der Waals surface area contributed by atoms with Gasteiger partial charge in [-0.3, -0.25) is 4.79 Å². The third kappa shape index (κ3) is 30.7. The molecule has 3 saturated heterocycles. The highest BCUT2D eigenvalue weighted by molar-refractivity contribution is 5.76. The van der Waals surface area contributed by atoms with Crippen LogP contribution in [-0.2, 0) is 33.2 Å². The summed E-state index contributed by atoms with van der Waals surface area (Å²) in [7, 11) is 0. The minimum atomic E-state index is -1.97. The standard InChI is InChI=1S/C64H123NO18/c1-3-5-7-8-9-10-11-12-13-14-15-16-17-18-19-20-21-22-23-24-25-26-27-28-29-30-31-32-33-34-35-36-37-38-40-42-52(70)65-47(48(69)41-39-6-4-2)46-78-62-58(76)55(73)60(50(44-67)80-62)83-64-59(77)56(74)61(51(45-68)81-64)82-63-57(75)54(72)53(71)49(43-66)79-63/h47-51,53-64,66-69,71-77H,3-46H2,1-2H3,(H,65,70). The number of carbonyl (C=O) groups excluding carboxylic acids is 1. The molecule has 492 valence electrons. The number of rotatable bonds is 52. The third-order valence-corrected chi connectivity index (χ3v) is 17.4. The molecule has 17 atom stereocenters. The average molecular weight is 1190 g/mol. The van der Waals surface area contributed by atoms with Gasteiger partial charge in [-0.1, -0.05) is 251 Å². The molecule has 0 aromatic heterocycles. The second-order valence-corrected chi connectivity index (χ2v) is 24.7. The summed E-state index contributed by atoms with van der Waals surface area (Å²) in [5.41, 5.74) is 0. The van der Waals surface area contributed by atoms with Crippen molar-refractivity contribution in [1.29, 1.82) is 0 Å². The average Bonchev–Trinajstić information content (AvgIpc) is 3.28. The van der Waals surface area contributed by atoms with Crippen LogP contribution in [0, 0.1) is 0 Å². The van der Waals surface area contributed by atoms with Gasteiger partial charge in [0.15, 0.2) is 18.9 Å². The lowest BCUT2D eigenvalue weighted by atomic mass is 9.96. The molecule has 3 aliphatic rings. The summed E-state index contributed by atoms with van der Waals surface area (Å²) in [5.74, 6) is -0.249. The van der Waals surface area contributed by atoms with Crippen molar-refractivity contribution in [2.75, 3.05) is 26.4 Å². The fraction of sp³-hybridized carbons (Fsp3) is 0.984. The fourth-order valence-electron chi connectivity index (χ4n) is 11.9. The first-order valence-corrected chi connectivity index (χ1v) is 33.8. The molecule has 0 saturated carbocycles. The van der Waals surface area contributed by atoms with Gasteiger partial charge in [-0.2, -0.15) is 0 Å². The molecule has 3 rings (SSSR count). The molecule has 0 radical (unpaired) electrons. The minimum absolute atomic E-state index is 0.249. The Morgan fingerprint density at radius 3 is 1.05 bits per heavy atom. The van der Waals surface area contributed by atoms with Gasteiger partial charge in [0.05, 0.1) is 38.6 Å². The Bertz CT molecular complexity index is 1520. The molecule has 0 aromatic carbocycles. The molecule has 12 N–H and O–H groups in total. The first kappa shape index (κ1) is 76.0. The fourth-order valence-corrected chi connectivity index (χ4v) is 11.9. The lowest BCUT2D eigenvalue weighted by Crippen LogP contribution is -2.66. The van der Waals surface area contributed by atoms with Gasteiger partial charge in [0.1, 0.15) is 73.2 Å². The van der Waals surface area contributed by atoms with Crippen LogP contribution in [0.4, 0.5) is 0 Å². The number of amides is 1. The van der Waals surface area contributed by atoms with E-state index in [9.17, 15) is 61.0 Å². The van der Waals surface area contributed by atoms with Crippen molar-refractivity contribution < 1.29 is 89.4 Å². The van der Waals surface area contributed by atoms with Crippen LogP contribution in [0.2, 0.25) is 0 Å². The predicted molar refractivity (Wildman–Crippen MR) is 319 cm³/mol. The number of ether oxygens (including phenoxy) is 6. The van der Waals surface area contributed by atoms with Crippen molar-refractivity contribution >= 4 is 5.91 Å². The van der Waals surface area contributed by atoms with Crippen molar-refractivity contribution in [3.8, 4) is 0 Å². The van der Waals surface area contributed by atoms with E-state index in [1.165, 1.54) is 199 Å². The summed E-state index contributed by atoms with van der Waals surface area (Å²) in [6, 6.07) is -0.877. The lowest BCUT2D eigenvalue weighted by molar-refractivity contribution is -0.379. The van der Waals surface area contributed by atoms with E-state index in [1.54, 1.807) is 0 Å². The highest BCUT2D eigenvalue weighted by Gasteiger charge is 2.53. The van der Waals surface area contributed by atoms with Crippen molar-refractivity contribution in [3.63, 3.8) is 0 Å².